The topological polar surface area (TPSA) is 67.4 Å². The van der Waals surface area contributed by atoms with Crippen molar-refractivity contribution in [3.05, 3.63) is 64.7 Å². The van der Waals surface area contributed by atoms with Crippen molar-refractivity contribution in [1.29, 1.82) is 0 Å². The highest BCUT2D eigenvalue weighted by Gasteiger charge is 2.06. The molecule has 2 aromatic rings. The van der Waals surface area contributed by atoms with Crippen molar-refractivity contribution in [3.63, 3.8) is 0 Å². The Bertz CT molecular complexity index is 684. The molecular weight excluding hydrogens is 328 g/mol. The number of rotatable bonds is 6. The van der Waals surface area contributed by atoms with Crippen LogP contribution in [-0.4, -0.2) is 25.2 Å². The van der Waals surface area contributed by atoms with Crippen LogP contribution in [0.1, 0.15) is 22.8 Å². The van der Waals surface area contributed by atoms with Crippen LogP contribution in [0.4, 0.5) is 10.5 Å². The van der Waals surface area contributed by atoms with Gasteiger partial charge in [0.15, 0.2) is 0 Å². The van der Waals surface area contributed by atoms with E-state index >= 15 is 0 Å². The highest BCUT2D eigenvalue weighted by molar-refractivity contribution is 6.30. The van der Waals surface area contributed by atoms with Crippen LogP contribution in [-0.2, 0) is 11.2 Å². The Morgan fingerprint density at radius 2 is 1.71 bits per heavy atom. The number of amides is 2. The Balaban J connectivity index is 1.81. The van der Waals surface area contributed by atoms with E-state index in [-0.39, 0.29) is 5.91 Å². The molecule has 5 nitrogen and oxygen atoms in total. The van der Waals surface area contributed by atoms with Gasteiger partial charge in [0.25, 0.3) is 5.91 Å². The average Bonchev–Trinajstić information content (AvgIpc) is 2.57. The molecule has 2 amide bonds. The zero-order chi connectivity index (χ0) is 17.4. The SMILES string of the molecule is CCOC(=O)Nc1ccc(C(=O)NCCc2ccc(Cl)cc2)cc1. The molecule has 0 bridgehead atoms. The third-order valence-corrected chi connectivity index (χ3v) is 3.53. The summed E-state index contributed by atoms with van der Waals surface area (Å²) in [7, 11) is 0. The molecule has 24 heavy (non-hydrogen) atoms. The van der Waals surface area contributed by atoms with Crippen molar-refractivity contribution in [2.45, 2.75) is 13.3 Å². The summed E-state index contributed by atoms with van der Waals surface area (Å²) in [6.07, 6.45) is 0.212. The molecule has 0 aliphatic heterocycles. The minimum Gasteiger partial charge on any atom is -0.450 e. The maximum atomic E-state index is 12.1. The van der Waals surface area contributed by atoms with E-state index in [0.29, 0.717) is 29.4 Å². The van der Waals surface area contributed by atoms with Gasteiger partial charge in [-0.05, 0) is 55.3 Å². The van der Waals surface area contributed by atoms with Gasteiger partial charge in [-0.1, -0.05) is 23.7 Å². The molecular formula is C18H19ClN2O3. The fraction of sp³-hybridized carbons (Fsp3) is 0.222. The van der Waals surface area contributed by atoms with Crippen LogP contribution in [0.25, 0.3) is 0 Å². The Morgan fingerprint density at radius 1 is 1.04 bits per heavy atom. The number of hydrogen-bond acceptors (Lipinski definition) is 3. The quantitative estimate of drug-likeness (QED) is 0.834. The lowest BCUT2D eigenvalue weighted by Crippen LogP contribution is -2.25. The van der Waals surface area contributed by atoms with Gasteiger partial charge in [-0.3, -0.25) is 10.1 Å². The summed E-state index contributed by atoms with van der Waals surface area (Å²) < 4.78 is 4.79. The maximum absolute atomic E-state index is 12.1. The molecule has 0 atom stereocenters. The van der Waals surface area contributed by atoms with E-state index < -0.39 is 6.09 Å². The van der Waals surface area contributed by atoms with Gasteiger partial charge < -0.3 is 10.1 Å². The number of ether oxygens (including phenoxy) is 1. The van der Waals surface area contributed by atoms with Crippen LogP contribution in [0, 0.1) is 0 Å². The predicted molar refractivity (Wildman–Crippen MR) is 94.6 cm³/mol. The molecule has 0 unspecified atom stereocenters. The summed E-state index contributed by atoms with van der Waals surface area (Å²) in [4.78, 5) is 23.4. The molecule has 0 fully saturated rings. The van der Waals surface area contributed by atoms with Crippen molar-refractivity contribution in [3.8, 4) is 0 Å². The van der Waals surface area contributed by atoms with Crippen molar-refractivity contribution >= 4 is 29.3 Å². The molecule has 0 saturated heterocycles. The first-order chi connectivity index (χ1) is 11.6. The zero-order valence-corrected chi connectivity index (χ0v) is 14.1. The lowest BCUT2D eigenvalue weighted by atomic mass is 10.1. The molecule has 6 heteroatoms. The summed E-state index contributed by atoms with van der Waals surface area (Å²) >= 11 is 5.83. The first kappa shape index (κ1) is 17.8. The van der Waals surface area contributed by atoms with E-state index in [1.807, 2.05) is 24.3 Å². The second-order valence-electron chi connectivity index (χ2n) is 5.06. The van der Waals surface area contributed by atoms with Gasteiger partial charge in [-0.25, -0.2) is 4.79 Å². The molecule has 0 heterocycles. The number of halogens is 1. The summed E-state index contributed by atoms with van der Waals surface area (Å²) in [5, 5.41) is 6.13. The molecule has 126 valence electrons. The van der Waals surface area contributed by atoms with E-state index in [9.17, 15) is 9.59 Å². The average molecular weight is 347 g/mol. The van der Waals surface area contributed by atoms with Gasteiger partial charge in [-0.2, -0.15) is 0 Å². The maximum Gasteiger partial charge on any atom is 0.411 e. The molecule has 0 aliphatic rings. The van der Waals surface area contributed by atoms with Gasteiger partial charge in [0, 0.05) is 22.8 Å². The molecule has 0 radical (unpaired) electrons. The Labute approximate surface area is 146 Å². The molecule has 0 aliphatic carbocycles. The van der Waals surface area contributed by atoms with Gasteiger partial charge in [-0.15, -0.1) is 0 Å². The number of carbonyl (C=O) groups excluding carboxylic acids is 2. The molecule has 0 aromatic heterocycles. The summed E-state index contributed by atoms with van der Waals surface area (Å²) in [6.45, 7) is 2.57. The summed E-state index contributed by atoms with van der Waals surface area (Å²) in [5.74, 6) is -0.161. The fourth-order valence-corrected chi connectivity index (χ4v) is 2.19. The second-order valence-corrected chi connectivity index (χ2v) is 5.49. The minimum atomic E-state index is -0.516. The zero-order valence-electron chi connectivity index (χ0n) is 13.3. The predicted octanol–water partition coefficient (Wildman–Crippen LogP) is 3.88. The highest BCUT2D eigenvalue weighted by atomic mass is 35.5. The first-order valence-electron chi connectivity index (χ1n) is 7.65. The van der Waals surface area contributed by atoms with E-state index in [0.717, 1.165) is 12.0 Å². The largest absolute Gasteiger partial charge is 0.450 e. The van der Waals surface area contributed by atoms with Crippen LogP contribution < -0.4 is 10.6 Å². The molecule has 2 aromatic carbocycles. The second kappa shape index (κ2) is 8.93. The summed E-state index contributed by atoms with van der Waals surface area (Å²) in [6, 6.07) is 14.1. The standard InChI is InChI=1S/C18H19ClN2O3/c1-2-24-18(23)21-16-9-5-14(6-10-16)17(22)20-12-11-13-3-7-15(19)8-4-13/h3-10H,2,11-12H2,1H3,(H,20,22)(H,21,23). The van der Waals surface area contributed by atoms with Gasteiger partial charge >= 0.3 is 6.09 Å². The van der Waals surface area contributed by atoms with Crippen molar-refractivity contribution < 1.29 is 14.3 Å². The third-order valence-electron chi connectivity index (χ3n) is 3.28. The van der Waals surface area contributed by atoms with Crippen LogP contribution in [0.15, 0.2) is 48.5 Å². The number of nitrogens with one attached hydrogen (secondary N) is 2. The number of anilines is 1. The normalized spacial score (nSPS) is 10.1. The Morgan fingerprint density at radius 3 is 2.33 bits per heavy atom. The molecule has 2 rings (SSSR count). The fourth-order valence-electron chi connectivity index (χ4n) is 2.06. The monoisotopic (exact) mass is 346 g/mol. The van der Waals surface area contributed by atoms with Crippen LogP contribution in [0.3, 0.4) is 0 Å². The van der Waals surface area contributed by atoms with Crippen molar-refractivity contribution in [2.75, 3.05) is 18.5 Å². The number of benzene rings is 2. The third kappa shape index (κ3) is 5.59. The lowest BCUT2D eigenvalue weighted by molar-refractivity contribution is 0.0954. The first-order valence-corrected chi connectivity index (χ1v) is 8.02. The van der Waals surface area contributed by atoms with E-state index in [4.69, 9.17) is 16.3 Å². The van der Waals surface area contributed by atoms with Crippen LogP contribution in [0.2, 0.25) is 5.02 Å². The van der Waals surface area contributed by atoms with Crippen molar-refractivity contribution in [1.82, 2.24) is 5.32 Å². The highest BCUT2D eigenvalue weighted by Crippen LogP contribution is 2.11. The number of carbonyl (C=O) groups is 2. The lowest BCUT2D eigenvalue weighted by Gasteiger charge is -2.08. The smallest absolute Gasteiger partial charge is 0.411 e. The molecule has 2 N–H and O–H groups in total. The van der Waals surface area contributed by atoms with E-state index in [2.05, 4.69) is 10.6 Å². The van der Waals surface area contributed by atoms with E-state index in [1.165, 1.54) is 0 Å². The molecule has 0 saturated carbocycles. The summed E-state index contributed by atoms with van der Waals surface area (Å²) in [5.41, 5.74) is 2.21. The van der Waals surface area contributed by atoms with Crippen LogP contribution in [0.5, 0.6) is 0 Å². The van der Waals surface area contributed by atoms with Crippen LogP contribution >= 0.6 is 11.6 Å². The van der Waals surface area contributed by atoms with E-state index in [1.54, 1.807) is 31.2 Å². The Hall–Kier alpha value is -2.53. The van der Waals surface area contributed by atoms with Gasteiger partial charge in [0.2, 0.25) is 0 Å². The molecule has 0 spiro atoms. The van der Waals surface area contributed by atoms with Gasteiger partial charge in [0.05, 0.1) is 6.61 Å². The van der Waals surface area contributed by atoms with Gasteiger partial charge in [0.1, 0.15) is 0 Å². The number of hydrogen-bond donors (Lipinski definition) is 2. The van der Waals surface area contributed by atoms with Crippen molar-refractivity contribution in [2.24, 2.45) is 0 Å². The Kier molecular flexibility index (Phi) is 6.63. The minimum absolute atomic E-state index is 0.161.